The summed E-state index contributed by atoms with van der Waals surface area (Å²) in [4.78, 5) is 0. The molecule has 0 aromatic heterocycles. The molecule has 120 valence electrons. The lowest BCUT2D eigenvalue weighted by atomic mass is 9.96. The monoisotopic (exact) mass is 318 g/mol. The Kier molecular flexibility index (Phi) is 7.21. The van der Waals surface area contributed by atoms with Crippen molar-refractivity contribution in [2.75, 3.05) is 38.6 Å². The first-order valence-corrected chi connectivity index (χ1v) is 8.26. The van der Waals surface area contributed by atoms with Crippen LogP contribution in [0.25, 0.3) is 0 Å². The van der Waals surface area contributed by atoms with E-state index in [0.717, 1.165) is 25.9 Å². The van der Waals surface area contributed by atoms with Crippen LogP contribution >= 0.6 is 0 Å². The van der Waals surface area contributed by atoms with Crippen LogP contribution in [0.2, 0.25) is 0 Å². The molecule has 0 atom stereocenters. The molecule has 0 radical (unpaired) electrons. The van der Waals surface area contributed by atoms with Crippen LogP contribution in [-0.2, 0) is 14.8 Å². The maximum Gasteiger partial charge on any atom is 0.411 e. The van der Waals surface area contributed by atoms with Gasteiger partial charge in [0.15, 0.2) is 0 Å². The summed E-state index contributed by atoms with van der Waals surface area (Å²) in [6, 6.07) is 0. The van der Waals surface area contributed by atoms with E-state index < -0.39 is 22.8 Å². The highest BCUT2D eigenvalue weighted by Gasteiger charge is 2.27. The largest absolute Gasteiger partial charge is 0.411 e. The van der Waals surface area contributed by atoms with Gasteiger partial charge in [0.2, 0.25) is 10.0 Å². The molecule has 1 rings (SSSR count). The minimum absolute atomic E-state index is 0.0109. The lowest BCUT2D eigenvalue weighted by Gasteiger charge is -2.22. The van der Waals surface area contributed by atoms with Crippen molar-refractivity contribution >= 4 is 10.0 Å². The van der Waals surface area contributed by atoms with E-state index in [1.807, 2.05) is 0 Å². The third-order valence-corrected chi connectivity index (χ3v) is 4.50. The first-order valence-electron chi connectivity index (χ1n) is 6.61. The Bertz CT molecular complexity index is 368. The van der Waals surface area contributed by atoms with Gasteiger partial charge in [-0.15, -0.1) is 0 Å². The van der Waals surface area contributed by atoms with E-state index in [4.69, 9.17) is 0 Å². The van der Waals surface area contributed by atoms with Gasteiger partial charge in [-0.05, 0) is 38.3 Å². The summed E-state index contributed by atoms with van der Waals surface area (Å²) in [5.41, 5.74) is 0. The predicted molar refractivity (Wildman–Crippen MR) is 68.9 cm³/mol. The Morgan fingerprint density at radius 3 is 2.50 bits per heavy atom. The van der Waals surface area contributed by atoms with Gasteiger partial charge in [0, 0.05) is 6.54 Å². The number of ether oxygens (including phenoxy) is 1. The predicted octanol–water partition coefficient (Wildman–Crippen LogP) is 0.874. The second-order valence-corrected chi connectivity index (χ2v) is 6.79. The molecule has 0 aromatic rings. The minimum Gasteiger partial charge on any atom is -0.371 e. The molecule has 0 saturated carbocycles. The molecule has 1 aliphatic heterocycles. The number of piperidine rings is 1. The van der Waals surface area contributed by atoms with E-state index in [1.54, 1.807) is 0 Å². The minimum atomic E-state index is -4.38. The molecule has 0 aromatic carbocycles. The van der Waals surface area contributed by atoms with E-state index in [-0.39, 0.29) is 18.9 Å². The molecule has 1 heterocycles. The van der Waals surface area contributed by atoms with Crippen LogP contribution in [0.5, 0.6) is 0 Å². The molecule has 20 heavy (non-hydrogen) atoms. The Labute approximate surface area is 117 Å². The van der Waals surface area contributed by atoms with E-state index in [9.17, 15) is 21.6 Å². The van der Waals surface area contributed by atoms with Gasteiger partial charge in [-0.3, -0.25) is 0 Å². The van der Waals surface area contributed by atoms with Gasteiger partial charge < -0.3 is 10.1 Å². The SMILES string of the molecule is O=S(=O)(CCC1CCNCC1)NCCOCC(F)(F)F. The van der Waals surface area contributed by atoms with Crippen molar-refractivity contribution in [2.45, 2.75) is 25.4 Å². The first kappa shape index (κ1) is 17.7. The fourth-order valence-electron chi connectivity index (χ4n) is 2.02. The van der Waals surface area contributed by atoms with Crippen molar-refractivity contribution in [3.05, 3.63) is 0 Å². The molecule has 2 N–H and O–H groups in total. The topological polar surface area (TPSA) is 67.4 Å². The van der Waals surface area contributed by atoms with Crippen molar-refractivity contribution in [3.8, 4) is 0 Å². The van der Waals surface area contributed by atoms with Crippen molar-refractivity contribution in [1.82, 2.24) is 10.0 Å². The van der Waals surface area contributed by atoms with Gasteiger partial charge in [-0.25, -0.2) is 13.1 Å². The van der Waals surface area contributed by atoms with Crippen LogP contribution in [-0.4, -0.2) is 53.2 Å². The van der Waals surface area contributed by atoms with Crippen molar-refractivity contribution in [1.29, 1.82) is 0 Å². The highest BCUT2D eigenvalue weighted by molar-refractivity contribution is 7.89. The standard InChI is InChI=1S/C11H21F3N2O3S/c12-11(13,14)9-19-7-6-16-20(17,18)8-3-10-1-4-15-5-2-10/h10,15-16H,1-9H2. The molecule has 0 amide bonds. The smallest absolute Gasteiger partial charge is 0.371 e. The maximum atomic E-state index is 11.8. The van der Waals surface area contributed by atoms with Gasteiger partial charge >= 0.3 is 6.18 Å². The number of nitrogens with one attached hydrogen (secondary N) is 2. The van der Waals surface area contributed by atoms with Crippen LogP contribution in [0.4, 0.5) is 13.2 Å². The van der Waals surface area contributed by atoms with Gasteiger partial charge in [0.1, 0.15) is 6.61 Å². The third-order valence-electron chi connectivity index (χ3n) is 3.09. The van der Waals surface area contributed by atoms with Gasteiger partial charge in [-0.2, -0.15) is 13.2 Å². The Morgan fingerprint density at radius 1 is 1.25 bits per heavy atom. The summed E-state index contributed by atoms with van der Waals surface area (Å²) in [6.07, 6.45) is -1.87. The lowest BCUT2D eigenvalue weighted by Crippen LogP contribution is -2.33. The molecule has 0 aliphatic carbocycles. The molecule has 0 spiro atoms. The number of sulfonamides is 1. The zero-order valence-electron chi connectivity index (χ0n) is 11.2. The number of hydrogen-bond donors (Lipinski definition) is 2. The zero-order chi connectivity index (χ0) is 15.1. The molecular formula is C11H21F3N2O3S. The summed E-state index contributed by atoms with van der Waals surface area (Å²) in [6.45, 7) is 0.0351. The van der Waals surface area contributed by atoms with Crippen molar-refractivity contribution < 1.29 is 26.3 Å². The van der Waals surface area contributed by atoms with Crippen LogP contribution in [0.1, 0.15) is 19.3 Å². The van der Waals surface area contributed by atoms with E-state index in [1.165, 1.54) is 0 Å². The Hall–Kier alpha value is -0.380. The summed E-state index contributed by atoms with van der Waals surface area (Å²) in [7, 11) is -3.43. The van der Waals surface area contributed by atoms with Crippen LogP contribution in [0.15, 0.2) is 0 Å². The zero-order valence-corrected chi connectivity index (χ0v) is 12.0. The highest BCUT2D eigenvalue weighted by Crippen LogP contribution is 2.16. The molecule has 5 nitrogen and oxygen atoms in total. The molecule has 1 aliphatic rings. The summed E-state index contributed by atoms with van der Waals surface area (Å²) < 4.78 is 65.2. The van der Waals surface area contributed by atoms with Gasteiger partial charge in [-0.1, -0.05) is 0 Å². The number of halogens is 3. The third kappa shape index (κ3) is 8.72. The van der Waals surface area contributed by atoms with Crippen LogP contribution < -0.4 is 10.0 Å². The lowest BCUT2D eigenvalue weighted by molar-refractivity contribution is -0.173. The second kappa shape index (κ2) is 8.16. The molecule has 9 heteroatoms. The fraction of sp³-hybridized carbons (Fsp3) is 1.00. The molecule has 1 saturated heterocycles. The highest BCUT2D eigenvalue weighted by atomic mass is 32.2. The summed E-state index contributed by atoms with van der Waals surface area (Å²) >= 11 is 0. The average molecular weight is 318 g/mol. The second-order valence-electron chi connectivity index (χ2n) is 4.86. The first-order chi connectivity index (χ1) is 9.29. The Balaban J connectivity index is 2.11. The molecule has 0 unspecified atom stereocenters. The normalized spacial score (nSPS) is 18.4. The Morgan fingerprint density at radius 2 is 1.90 bits per heavy atom. The maximum absolute atomic E-state index is 11.8. The summed E-state index contributed by atoms with van der Waals surface area (Å²) in [5.74, 6) is 0.408. The van der Waals surface area contributed by atoms with E-state index in [2.05, 4.69) is 14.8 Å². The van der Waals surface area contributed by atoms with Crippen LogP contribution in [0.3, 0.4) is 0 Å². The fourth-order valence-corrected chi connectivity index (χ4v) is 3.20. The average Bonchev–Trinajstić information content (AvgIpc) is 2.36. The quantitative estimate of drug-likeness (QED) is 0.652. The molecule has 1 fully saturated rings. The van der Waals surface area contributed by atoms with Crippen molar-refractivity contribution in [2.24, 2.45) is 5.92 Å². The molecule has 0 bridgehead atoms. The number of hydrogen-bond acceptors (Lipinski definition) is 4. The molecular weight excluding hydrogens is 297 g/mol. The van der Waals surface area contributed by atoms with Gasteiger partial charge in [0.25, 0.3) is 0 Å². The van der Waals surface area contributed by atoms with E-state index in [0.29, 0.717) is 12.3 Å². The number of alkyl halides is 3. The van der Waals surface area contributed by atoms with Crippen LogP contribution in [0, 0.1) is 5.92 Å². The van der Waals surface area contributed by atoms with Gasteiger partial charge in [0.05, 0.1) is 12.4 Å². The number of rotatable bonds is 8. The van der Waals surface area contributed by atoms with Crippen molar-refractivity contribution in [3.63, 3.8) is 0 Å². The van der Waals surface area contributed by atoms with E-state index >= 15 is 0 Å². The summed E-state index contributed by atoms with van der Waals surface area (Å²) in [5, 5.41) is 3.20.